The van der Waals surface area contributed by atoms with E-state index in [2.05, 4.69) is 22.8 Å². The fourth-order valence-corrected chi connectivity index (χ4v) is 2.35. The van der Waals surface area contributed by atoms with Gasteiger partial charge in [0.05, 0.1) is 6.42 Å². The van der Waals surface area contributed by atoms with Crippen molar-refractivity contribution in [3.8, 4) is 0 Å². The highest BCUT2D eigenvalue weighted by molar-refractivity contribution is 5.75. The quantitative estimate of drug-likeness (QED) is 0.752. The molecule has 5 nitrogen and oxygen atoms in total. The molecule has 0 aromatic heterocycles. The maximum atomic E-state index is 11.6. The normalized spacial score (nSPS) is 17.8. The van der Waals surface area contributed by atoms with Crippen LogP contribution in [0.15, 0.2) is 24.3 Å². The number of amides is 2. The van der Waals surface area contributed by atoms with Gasteiger partial charge in [-0.05, 0) is 24.5 Å². The molecular formula is C14H18N2O3. The predicted octanol–water partition coefficient (Wildman–Crippen LogP) is 1.49. The number of carboxylic acid groups (broad SMARTS) is 1. The van der Waals surface area contributed by atoms with Crippen LogP contribution in [-0.4, -0.2) is 29.7 Å². The summed E-state index contributed by atoms with van der Waals surface area (Å²) in [5.41, 5.74) is 2.63. The molecule has 1 aliphatic carbocycles. The summed E-state index contributed by atoms with van der Waals surface area (Å²) in [6.07, 6.45) is 0.917. The highest BCUT2D eigenvalue weighted by atomic mass is 16.4. The number of hydrogen-bond donors (Lipinski definition) is 3. The Morgan fingerprint density at radius 1 is 1.42 bits per heavy atom. The van der Waals surface area contributed by atoms with Gasteiger partial charge in [-0.25, -0.2) is 4.79 Å². The van der Waals surface area contributed by atoms with Gasteiger partial charge >= 0.3 is 12.0 Å². The molecule has 1 aromatic carbocycles. The smallest absolute Gasteiger partial charge is 0.315 e. The van der Waals surface area contributed by atoms with Crippen LogP contribution in [0.2, 0.25) is 0 Å². The summed E-state index contributed by atoms with van der Waals surface area (Å²) in [6, 6.07) is 7.52. The summed E-state index contributed by atoms with van der Waals surface area (Å²) in [5, 5.41) is 14.0. The van der Waals surface area contributed by atoms with E-state index in [0.717, 1.165) is 6.42 Å². The topological polar surface area (TPSA) is 78.4 Å². The molecule has 102 valence electrons. The Bertz CT molecular complexity index is 487. The molecule has 0 saturated carbocycles. The number of benzene rings is 1. The molecule has 0 aliphatic heterocycles. The molecule has 0 spiro atoms. The molecule has 2 atom stereocenters. The standard InChI is InChI=1S/C14H18N2O3/c1-9(6-13(17)18)16-14(19)15-8-11-7-10-4-2-3-5-12(10)11/h2-5,9,11H,6-8H2,1H3,(H,17,18)(H2,15,16,19). The van der Waals surface area contributed by atoms with Crippen molar-refractivity contribution < 1.29 is 14.7 Å². The van der Waals surface area contributed by atoms with Gasteiger partial charge in [0, 0.05) is 18.5 Å². The van der Waals surface area contributed by atoms with Crippen LogP contribution in [0.25, 0.3) is 0 Å². The Kier molecular flexibility index (Phi) is 4.04. The van der Waals surface area contributed by atoms with E-state index in [-0.39, 0.29) is 18.5 Å². The maximum absolute atomic E-state index is 11.6. The van der Waals surface area contributed by atoms with Crippen LogP contribution < -0.4 is 10.6 Å². The molecule has 1 aliphatic rings. The van der Waals surface area contributed by atoms with Gasteiger partial charge in [-0.1, -0.05) is 24.3 Å². The Morgan fingerprint density at radius 3 is 2.84 bits per heavy atom. The summed E-state index contributed by atoms with van der Waals surface area (Å²) in [7, 11) is 0. The number of fused-ring (bicyclic) bond motifs is 1. The van der Waals surface area contributed by atoms with E-state index < -0.39 is 5.97 Å². The maximum Gasteiger partial charge on any atom is 0.315 e. The monoisotopic (exact) mass is 262 g/mol. The first-order valence-corrected chi connectivity index (χ1v) is 6.40. The molecule has 5 heteroatoms. The number of carbonyl (C=O) groups excluding carboxylic acids is 1. The second-order valence-corrected chi connectivity index (χ2v) is 4.95. The summed E-state index contributed by atoms with van der Waals surface area (Å²) < 4.78 is 0. The highest BCUT2D eigenvalue weighted by Crippen LogP contribution is 2.33. The third-order valence-electron chi connectivity index (χ3n) is 3.33. The van der Waals surface area contributed by atoms with E-state index in [1.54, 1.807) is 6.92 Å². The lowest BCUT2D eigenvalue weighted by Crippen LogP contribution is -2.44. The average molecular weight is 262 g/mol. The fraction of sp³-hybridized carbons (Fsp3) is 0.429. The van der Waals surface area contributed by atoms with E-state index in [0.29, 0.717) is 12.5 Å². The van der Waals surface area contributed by atoms with Crippen molar-refractivity contribution in [1.29, 1.82) is 0 Å². The zero-order valence-corrected chi connectivity index (χ0v) is 10.8. The van der Waals surface area contributed by atoms with E-state index in [4.69, 9.17) is 5.11 Å². The van der Waals surface area contributed by atoms with Crippen molar-refractivity contribution >= 4 is 12.0 Å². The molecule has 3 N–H and O–H groups in total. The van der Waals surface area contributed by atoms with Gasteiger partial charge in [-0.3, -0.25) is 4.79 Å². The molecule has 1 aromatic rings. The Balaban J connectivity index is 1.72. The second-order valence-electron chi connectivity index (χ2n) is 4.95. The van der Waals surface area contributed by atoms with Crippen molar-refractivity contribution in [2.24, 2.45) is 0 Å². The first-order valence-electron chi connectivity index (χ1n) is 6.40. The SMILES string of the molecule is CC(CC(=O)O)NC(=O)NCC1Cc2ccccc21. The largest absolute Gasteiger partial charge is 0.481 e. The molecule has 2 unspecified atom stereocenters. The van der Waals surface area contributed by atoms with Crippen LogP contribution in [0.5, 0.6) is 0 Å². The van der Waals surface area contributed by atoms with Gasteiger partial charge in [-0.2, -0.15) is 0 Å². The summed E-state index contributed by atoms with van der Waals surface area (Å²) in [5.74, 6) is -0.544. The molecule has 0 heterocycles. The number of aliphatic carboxylic acids is 1. The Labute approximate surface area is 112 Å². The summed E-state index contributed by atoms with van der Waals surface area (Å²) in [4.78, 5) is 22.1. The first-order chi connectivity index (χ1) is 9.06. The van der Waals surface area contributed by atoms with Crippen LogP contribution in [0.4, 0.5) is 4.79 Å². The first kappa shape index (κ1) is 13.4. The van der Waals surface area contributed by atoms with Gasteiger partial charge in [0.1, 0.15) is 0 Å². The lowest BCUT2D eigenvalue weighted by atomic mass is 9.78. The predicted molar refractivity (Wildman–Crippen MR) is 71.1 cm³/mol. The molecule has 0 fully saturated rings. The Morgan fingerprint density at radius 2 is 2.16 bits per heavy atom. The van der Waals surface area contributed by atoms with Crippen LogP contribution in [0, 0.1) is 0 Å². The fourth-order valence-electron chi connectivity index (χ4n) is 2.35. The number of carbonyl (C=O) groups is 2. The molecule has 2 rings (SSSR count). The number of carboxylic acids is 1. The van der Waals surface area contributed by atoms with Gasteiger partial charge < -0.3 is 15.7 Å². The number of hydrogen-bond acceptors (Lipinski definition) is 2. The van der Waals surface area contributed by atoms with E-state index in [1.807, 2.05) is 12.1 Å². The number of rotatable bonds is 5. The van der Waals surface area contributed by atoms with Crippen molar-refractivity contribution in [3.05, 3.63) is 35.4 Å². The van der Waals surface area contributed by atoms with Crippen LogP contribution >= 0.6 is 0 Å². The summed E-state index contributed by atoms with van der Waals surface area (Å²) >= 11 is 0. The minimum absolute atomic E-state index is 0.0698. The van der Waals surface area contributed by atoms with Crippen LogP contribution in [0.3, 0.4) is 0 Å². The van der Waals surface area contributed by atoms with Crippen molar-refractivity contribution in [2.75, 3.05) is 6.54 Å². The van der Waals surface area contributed by atoms with Crippen molar-refractivity contribution in [2.45, 2.75) is 31.7 Å². The third kappa shape index (κ3) is 3.47. The lowest BCUT2D eigenvalue weighted by molar-refractivity contribution is -0.137. The zero-order chi connectivity index (χ0) is 13.8. The lowest BCUT2D eigenvalue weighted by Gasteiger charge is -2.30. The van der Waals surface area contributed by atoms with Crippen LogP contribution in [0.1, 0.15) is 30.4 Å². The Hall–Kier alpha value is -2.04. The second kappa shape index (κ2) is 5.73. The molecule has 19 heavy (non-hydrogen) atoms. The van der Waals surface area contributed by atoms with Gasteiger partial charge in [0.25, 0.3) is 0 Å². The van der Waals surface area contributed by atoms with Gasteiger partial charge in [0.15, 0.2) is 0 Å². The molecule has 2 amide bonds. The molecule has 0 saturated heterocycles. The van der Waals surface area contributed by atoms with Crippen molar-refractivity contribution in [1.82, 2.24) is 10.6 Å². The third-order valence-corrected chi connectivity index (χ3v) is 3.33. The average Bonchev–Trinajstić information content (AvgIpc) is 2.29. The zero-order valence-electron chi connectivity index (χ0n) is 10.8. The number of urea groups is 1. The van der Waals surface area contributed by atoms with E-state index in [9.17, 15) is 9.59 Å². The number of nitrogens with one attached hydrogen (secondary N) is 2. The van der Waals surface area contributed by atoms with Gasteiger partial charge in [0.2, 0.25) is 0 Å². The molecule has 0 radical (unpaired) electrons. The van der Waals surface area contributed by atoms with Crippen LogP contribution in [-0.2, 0) is 11.2 Å². The van der Waals surface area contributed by atoms with E-state index >= 15 is 0 Å². The minimum atomic E-state index is -0.916. The van der Waals surface area contributed by atoms with Crippen molar-refractivity contribution in [3.63, 3.8) is 0 Å². The highest BCUT2D eigenvalue weighted by Gasteiger charge is 2.25. The minimum Gasteiger partial charge on any atom is -0.481 e. The summed E-state index contributed by atoms with van der Waals surface area (Å²) in [6.45, 7) is 2.26. The van der Waals surface area contributed by atoms with Gasteiger partial charge in [-0.15, -0.1) is 0 Å². The molecular weight excluding hydrogens is 244 g/mol. The van der Waals surface area contributed by atoms with E-state index in [1.165, 1.54) is 11.1 Å². The molecule has 0 bridgehead atoms.